The van der Waals surface area contributed by atoms with Crippen molar-refractivity contribution >= 4 is 23.1 Å². The molecular weight excluding hydrogens is 451 g/mol. The van der Waals surface area contributed by atoms with E-state index >= 15 is 4.39 Å². The topological polar surface area (TPSA) is 87.4 Å². The van der Waals surface area contributed by atoms with E-state index in [1.807, 2.05) is 19.1 Å². The number of aliphatic hydroxyl groups excluding tert-OH is 1. The average Bonchev–Trinajstić information content (AvgIpc) is 3.32. The molecule has 1 amide bonds. The molecule has 3 aromatic rings. The van der Waals surface area contributed by atoms with Crippen LogP contribution in [0.5, 0.6) is 0 Å². The molecule has 4 heterocycles. The summed E-state index contributed by atoms with van der Waals surface area (Å²) in [5.74, 6) is -2.50. The number of ether oxygens (including phenoxy) is 1. The third-order valence-electron chi connectivity index (χ3n) is 6.74. The summed E-state index contributed by atoms with van der Waals surface area (Å²) in [5.41, 5.74) is 2.38. The fraction of sp³-hybridized carbons (Fsp3) is 0.346. The Balaban J connectivity index is 1.64. The Labute approximate surface area is 202 Å². The van der Waals surface area contributed by atoms with Crippen LogP contribution in [0.2, 0.25) is 0 Å². The third-order valence-corrected chi connectivity index (χ3v) is 6.74. The summed E-state index contributed by atoms with van der Waals surface area (Å²) in [6.45, 7) is 6.98. The van der Waals surface area contributed by atoms with Crippen LogP contribution in [0.1, 0.15) is 28.6 Å². The first-order chi connectivity index (χ1) is 16.9. The lowest BCUT2D eigenvalue weighted by molar-refractivity contribution is -0.140. The monoisotopic (exact) mass is 478 g/mol. The Hall–Kier alpha value is -3.56. The first kappa shape index (κ1) is 23.2. The number of hydrogen-bond acceptors (Lipinski definition) is 6. The van der Waals surface area contributed by atoms with E-state index in [1.165, 1.54) is 11.0 Å². The molecule has 0 radical (unpaired) electrons. The van der Waals surface area contributed by atoms with Gasteiger partial charge in [0, 0.05) is 37.9 Å². The van der Waals surface area contributed by atoms with Crippen LogP contribution in [0.25, 0.3) is 11.4 Å². The number of aromatic nitrogens is 2. The summed E-state index contributed by atoms with van der Waals surface area (Å²) >= 11 is 0. The van der Waals surface area contributed by atoms with Gasteiger partial charge in [-0.05, 0) is 31.5 Å². The van der Waals surface area contributed by atoms with Gasteiger partial charge in [-0.3, -0.25) is 18.9 Å². The van der Waals surface area contributed by atoms with E-state index in [-0.39, 0.29) is 23.4 Å². The molecule has 182 valence electrons. The van der Waals surface area contributed by atoms with Gasteiger partial charge in [0.15, 0.2) is 5.76 Å². The third kappa shape index (κ3) is 4.00. The highest BCUT2D eigenvalue weighted by Gasteiger charge is 2.47. The number of benzene rings is 1. The molecular formula is C26H27FN4O4. The van der Waals surface area contributed by atoms with E-state index < -0.39 is 23.5 Å². The fourth-order valence-corrected chi connectivity index (χ4v) is 4.93. The molecule has 5 rings (SSSR count). The second-order valence-electron chi connectivity index (χ2n) is 8.90. The summed E-state index contributed by atoms with van der Waals surface area (Å²) in [5, 5.41) is 11.5. The molecule has 1 atom stereocenters. The first-order valence-electron chi connectivity index (χ1n) is 11.7. The van der Waals surface area contributed by atoms with Gasteiger partial charge < -0.3 is 14.7 Å². The number of halogens is 1. The maximum absolute atomic E-state index is 15.0. The Morgan fingerprint density at radius 2 is 1.86 bits per heavy atom. The molecule has 2 saturated heterocycles. The van der Waals surface area contributed by atoms with Crippen molar-refractivity contribution in [3.05, 3.63) is 76.5 Å². The fourth-order valence-electron chi connectivity index (χ4n) is 4.93. The summed E-state index contributed by atoms with van der Waals surface area (Å²) < 4.78 is 22.1. The van der Waals surface area contributed by atoms with Crippen LogP contribution in [0.4, 0.5) is 4.39 Å². The molecule has 2 aromatic heterocycles. The maximum Gasteiger partial charge on any atom is 0.295 e. The number of rotatable bonds is 5. The van der Waals surface area contributed by atoms with Gasteiger partial charge in [0.05, 0.1) is 30.5 Å². The number of Topliss-reactive ketones (excluding diaryl/α,β-unsaturated/α-hetero) is 1. The van der Waals surface area contributed by atoms with E-state index in [1.54, 1.807) is 35.7 Å². The van der Waals surface area contributed by atoms with Gasteiger partial charge in [0.25, 0.3) is 11.7 Å². The Bertz CT molecular complexity index is 1340. The number of ketones is 1. The zero-order valence-electron chi connectivity index (χ0n) is 19.7. The van der Waals surface area contributed by atoms with Gasteiger partial charge in [-0.15, -0.1) is 0 Å². The van der Waals surface area contributed by atoms with E-state index in [0.717, 1.165) is 5.56 Å². The van der Waals surface area contributed by atoms with Crippen LogP contribution in [0.15, 0.2) is 48.2 Å². The van der Waals surface area contributed by atoms with E-state index in [4.69, 9.17) is 4.74 Å². The van der Waals surface area contributed by atoms with E-state index in [0.29, 0.717) is 49.9 Å². The van der Waals surface area contributed by atoms with Gasteiger partial charge in [-0.1, -0.05) is 24.3 Å². The second-order valence-corrected chi connectivity index (χ2v) is 8.90. The van der Waals surface area contributed by atoms with Crippen molar-refractivity contribution in [2.75, 3.05) is 39.4 Å². The van der Waals surface area contributed by atoms with Crippen molar-refractivity contribution < 1.29 is 23.8 Å². The number of carbonyl (C=O) groups excluding carboxylic acids is 2. The Morgan fingerprint density at radius 3 is 2.60 bits per heavy atom. The van der Waals surface area contributed by atoms with Crippen molar-refractivity contribution in [3.63, 3.8) is 0 Å². The predicted octanol–water partition coefficient (Wildman–Crippen LogP) is 2.84. The van der Waals surface area contributed by atoms with Crippen molar-refractivity contribution in [1.29, 1.82) is 0 Å². The zero-order valence-corrected chi connectivity index (χ0v) is 19.7. The van der Waals surface area contributed by atoms with Crippen LogP contribution >= 0.6 is 0 Å². The molecule has 2 aliphatic rings. The van der Waals surface area contributed by atoms with Crippen LogP contribution in [-0.4, -0.2) is 75.4 Å². The highest BCUT2D eigenvalue weighted by molar-refractivity contribution is 6.46. The number of imidazole rings is 1. The van der Waals surface area contributed by atoms with Gasteiger partial charge in [-0.25, -0.2) is 9.37 Å². The van der Waals surface area contributed by atoms with E-state index in [2.05, 4.69) is 9.88 Å². The number of aliphatic hydroxyl groups is 1. The highest BCUT2D eigenvalue weighted by Crippen LogP contribution is 2.40. The van der Waals surface area contributed by atoms with Crippen LogP contribution < -0.4 is 0 Å². The van der Waals surface area contributed by atoms with Crippen molar-refractivity contribution in [1.82, 2.24) is 19.2 Å². The largest absolute Gasteiger partial charge is 0.505 e. The predicted molar refractivity (Wildman–Crippen MR) is 127 cm³/mol. The van der Waals surface area contributed by atoms with Gasteiger partial charge in [0.2, 0.25) is 0 Å². The second kappa shape index (κ2) is 9.24. The van der Waals surface area contributed by atoms with Gasteiger partial charge in [-0.2, -0.15) is 0 Å². The molecule has 0 bridgehead atoms. The quantitative estimate of drug-likeness (QED) is 0.345. The number of morpholine rings is 1. The number of hydrogen-bond donors (Lipinski definition) is 1. The Kier molecular flexibility index (Phi) is 6.12. The lowest BCUT2D eigenvalue weighted by Crippen LogP contribution is -2.42. The van der Waals surface area contributed by atoms with Crippen LogP contribution in [0, 0.1) is 19.7 Å². The minimum atomic E-state index is -1.05. The molecule has 1 aromatic carbocycles. The molecule has 0 aliphatic carbocycles. The highest BCUT2D eigenvalue weighted by atomic mass is 19.1. The number of amides is 1. The molecule has 0 spiro atoms. The lowest BCUT2D eigenvalue weighted by Gasteiger charge is -2.31. The minimum Gasteiger partial charge on any atom is -0.505 e. The molecule has 8 nitrogen and oxygen atoms in total. The van der Waals surface area contributed by atoms with Gasteiger partial charge in [0.1, 0.15) is 17.2 Å². The molecule has 2 aliphatic heterocycles. The molecule has 2 fully saturated rings. The normalized spacial score (nSPS) is 20.8. The number of fused-ring (bicyclic) bond motifs is 1. The minimum absolute atomic E-state index is 0.131. The van der Waals surface area contributed by atoms with Crippen LogP contribution in [-0.2, 0) is 14.3 Å². The number of aryl methyl sites for hydroxylation is 2. The molecule has 0 saturated carbocycles. The van der Waals surface area contributed by atoms with Crippen LogP contribution in [0.3, 0.4) is 0 Å². The zero-order chi connectivity index (χ0) is 24.7. The molecule has 35 heavy (non-hydrogen) atoms. The SMILES string of the molecule is Cc1nc2c(C)cccn2c1C(O)=C1C(=O)C(=O)N(CCN2CCOCC2)[C@@H]1c1ccccc1F. The van der Waals surface area contributed by atoms with Gasteiger partial charge >= 0.3 is 0 Å². The summed E-state index contributed by atoms with van der Waals surface area (Å²) in [6, 6.07) is 8.71. The molecule has 1 N–H and O–H groups in total. The summed E-state index contributed by atoms with van der Waals surface area (Å²) in [7, 11) is 0. The maximum atomic E-state index is 15.0. The number of likely N-dealkylation sites (tertiary alicyclic amines) is 1. The lowest BCUT2D eigenvalue weighted by atomic mass is 9.96. The van der Waals surface area contributed by atoms with Crippen molar-refractivity contribution in [3.8, 4) is 0 Å². The average molecular weight is 479 g/mol. The molecule has 9 heteroatoms. The standard InChI is InChI=1S/C26H27FN4O4/c1-16-6-5-9-30-21(17(2)28-25(16)30)23(32)20-22(18-7-3-4-8-19(18)27)31(26(34)24(20)33)11-10-29-12-14-35-15-13-29/h3-9,22,32H,10-15H2,1-2H3/t22-/m1/s1. The number of nitrogens with zero attached hydrogens (tertiary/aromatic N) is 4. The Morgan fingerprint density at radius 1 is 1.11 bits per heavy atom. The van der Waals surface area contributed by atoms with Crippen molar-refractivity contribution in [2.45, 2.75) is 19.9 Å². The summed E-state index contributed by atoms with van der Waals surface area (Å²) in [4.78, 5) is 34.6. The summed E-state index contributed by atoms with van der Waals surface area (Å²) in [6.07, 6.45) is 1.74. The van der Waals surface area contributed by atoms with E-state index in [9.17, 15) is 14.7 Å². The smallest absolute Gasteiger partial charge is 0.295 e. The molecule has 0 unspecified atom stereocenters. The van der Waals surface area contributed by atoms with Crippen molar-refractivity contribution in [2.24, 2.45) is 0 Å². The number of carbonyl (C=O) groups is 2. The first-order valence-corrected chi connectivity index (χ1v) is 11.7. The number of pyridine rings is 1.